The van der Waals surface area contributed by atoms with Crippen molar-refractivity contribution in [1.82, 2.24) is 35.1 Å². The number of methoxy groups -OCH3 is 5. The van der Waals surface area contributed by atoms with Crippen molar-refractivity contribution in [2.45, 2.75) is 67.0 Å². The molecule has 41 heteroatoms. The number of ether oxygens (including phenoxy) is 10. The summed E-state index contributed by atoms with van der Waals surface area (Å²) in [5.74, 6) is -8.20. The Morgan fingerprint density at radius 2 is 0.740 bits per heavy atom. The van der Waals surface area contributed by atoms with Crippen LogP contribution in [0, 0.1) is 0 Å². The molecule has 0 spiro atoms. The van der Waals surface area contributed by atoms with Crippen LogP contribution in [-0.4, -0.2) is 370 Å². The van der Waals surface area contributed by atoms with Crippen molar-refractivity contribution < 1.29 is 155 Å². The Labute approximate surface area is 611 Å². The predicted octanol–water partition coefficient (Wildman–Crippen LogP) is -3.75. The number of esters is 9. The molecule has 40 nitrogen and oxygen atoms in total. The second-order valence-electron chi connectivity index (χ2n) is 20.7. The molecule has 1 aliphatic heterocycles. The number of nitrogens with two attached hydrogens (primary N) is 1. The third kappa shape index (κ3) is 85.6. The highest BCUT2D eigenvalue weighted by molar-refractivity contribution is 6.26. The number of carbonyl (C=O) groups is 12. The summed E-state index contributed by atoms with van der Waals surface area (Å²) in [6.45, 7) is 22.7. The van der Waals surface area contributed by atoms with Gasteiger partial charge < -0.3 is 99.3 Å². The monoisotopic (exact) mass is 1530 g/mol. The number of aliphatic hydroxyl groups excluding tert-OH is 3. The largest absolute Gasteiger partial charge is 0.480 e. The van der Waals surface area contributed by atoms with Gasteiger partial charge in [0, 0.05) is 94.3 Å². The van der Waals surface area contributed by atoms with E-state index in [4.69, 9.17) is 75.5 Å². The molecular weight excluding hydrogens is 1420 g/mol. The highest BCUT2D eigenvalue weighted by Crippen LogP contribution is 2.09. The average molecular weight is 1530 g/mol. The van der Waals surface area contributed by atoms with Crippen molar-refractivity contribution in [3.05, 3.63) is 48.6 Å². The van der Waals surface area contributed by atoms with Crippen LogP contribution in [0.25, 0.3) is 0 Å². The summed E-state index contributed by atoms with van der Waals surface area (Å²) in [7, 11) is 10.2. The van der Waals surface area contributed by atoms with Gasteiger partial charge in [-0.1, -0.05) is 41.2 Å². The lowest BCUT2D eigenvalue weighted by Crippen LogP contribution is -2.45. The Bertz CT molecular complexity index is 2520. The quantitative estimate of drug-likeness (QED) is 0.00706. The maximum absolute atomic E-state index is 11.6. The van der Waals surface area contributed by atoms with Crippen molar-refractivity contribution in [3.63, 3.8) is 0 Å². The van der Waals surface area contributed by atoms with Crippen LogP contribution in [0.1, 0.15) is 42.5 Å². The Hall–Kier alpha value is -8.83. The molecule has 0 amide bonds. The summed E-state index contributed by atoms with van der Waals surface area (Å²) in [6, 6.07) is 0. The van der Waals surface area contributed by atoms with Gasteiger partial charge in [0.15, 0.2) is 0 Å². The summed E-state index contributed by atoms with van der Waals surface area (Å²) in [5, 5.41) is 60.0. The summed E-state index contributed by atoms with van der Waals surface area (Å²) < 4.78 is 47.0. The van der Waals surface area contributed by atoms with Crippen molar-refractivity contribution >= 4 is 95.5 Å². The van der Waals surface area contributed by atoms with Gasteiger partial charge in [-0.2, -0.15) is 19.2 Å². The molecule has 602 valence electrons. The van der Waals surface area contributed by atoms with Gasteiger partial charge in [-0.15, -0.1) is 11.6 Å². The number of epoxide rings is 1. The molecule has 0 bridgehead atoms. The standard InChI is InChI=1S/C18H30N2O9.C15H26N2O7.C13H22N2O7.C7H10O3.C4H12N2.C2H3ClO2.2CO2.2CH4/c1-13(2)18(25)29-12-14(21)8-19(9-15(22)26-3)6-7-20(10-16(23)27-4)11-17(24)28-5;1-11(2)15(21)24-10-12(18)7-16-5-6-17(8-13(19)22-3)9-14(20)23-4;1-9(2)13(21)22-8-10(16)5-14-3-4-15(6-11(17)18)7-12(19)20;1-5(2)7(8)10-4-6-3-9-6;1-6(2)4-3-5;3-1-2(4)5;2*2-1-3;;/h14,21H,1,6-12H2,2-5H3;12,16,18H,1,5-10H2,2-4H3;10,14,16H,1,3-8H2,2H3,(H,17,18)(H,19,20);6H,1,3-4H2,2H3;3-5H2,1-2H3;1H2,(H,4,5);;;2*1H4. The van der Waals surface area contributed by atoms with Crippen molar-refractivity contribution in [2.24, 2.45) is 5.73 Å². The molecule has 0 aliphatic carbocycles. The molecular formula is C63H111ClN8O32. The predicted molar refractivity (Wildman–Crippen MR) is 367 cm³/mol. The van der Waals surface area contributed by atoms with Crippen LogP contribution in [0.15, 0.2) is 48.6 Å². The zero-order valence-electron chi connectivity index (χ0n) is 59.6. The molecule has 1 heterocycles. The van der Waals surface area contributed by atoms with E-state index in [1.807, 2.05) is 14.1 Å². The number of carboxylic acids is 3. The first kappa shape index (κ1) is 114. The molecule has 10 N–H and O–H groups in total. The Morgan fingerprint density at radius 1 is 0.481 bits per heavy atom. The summed E-state index contributed by atoms with van der Waals surface area (Å²) in [4.78, 5) is 173. The van der Waals surface area contributed by atoms with Crippen LogP contribution in [0.3, 0.4) is 0 Å². The molecule has 1 fully saturated rings. The van der Waals surface area contributed by atoms with E-state index in [9.17, 15) is 72.9 Å². The van der Waals surface area contributed by atoms with Crippen molar-refractivity contribution in [2.75, 3.05) is 206 Å². The van der Waals surface area contributed by atoms with Gasteiger partial charge in [0.2, 0.25) is 0 Å². The molecule has 4 atom stereocenters. The number of nitrogens with one attached hydrogen (secondary N) is 2. The number of halogens is 1. The first-order valence-corrected chi connectivity index (χ1v) is 30.4. The van der Waals surface area contributed by atoms with E-state index in [1.165, 1.54) is 66.1 Å². The van der Waals surface area contributed by atoms with E-state index in [-0.39, 0.29) is 173 Å². The summed E-state index contributed by atoms with van der Waals surface area (Å²) >= 11 is 4.74. The Morgan fingerprint density at radius 3 is 0.981 bits per heavy atom. The average Bonchev–Trinajstić information content (AvgIpc) is 1.58. The molecule has 1 rings (SSSR count). The third-order valence-electron chi connectivity index (χ3n) is 10.9. The van der Waals surface area contributed by atoms with Crippen LogP contribution >= 0.6 is 11.6 Å². The SMILES string of the molecule is C.C.C=C(C)C(=O)OCC(O)CN(CCN(CC(=O)OC)CC(=O)OC)CC(=O)OC.C=C(C)C(=O)OCC(O)CNCCN(CC(=O)O)CC(=O)O.C=C(C)C(=O)OCC(O)CNCCN(CC(=O)OC)CC(=O)OC.C=C(C)C(=O)OCC1CO1.CN(C)CCN.O=C(O)CCl.O=C=O.O=C=O. The fraction of sp³-hybridized carbons (Fsp3) is 0.651. The first-order valence-electron chi connectivity index (χ1n) is 29.9. The molecule has 1 saturated heterocycles. The Balaban J connectivity index is -0.000000157. The van der Waals surface area contributed by atoms with Gasteiger partial charge in [-0.25, -0.2) is 19.2 Å². The normalized spacial score (nSPS) is 11.7. The first-order chi connectivity index (χ1) is 47.7. The molecule has 1 aliphatic rings. The molecule has 0 radical (unpaired) electrons. The zero-order chi connectivity index (χ0) is 80.3. The second kappa shape index (κ2) is 75.3. The lowest BCUT2D eigenvalue weighted by molar-refractivity contribution is -0.193. The zero-order valence-corrected chi connectivity index (χ0v) is 60.4. The molecule has 0 aromatic heterocycles. The summed E-state index contributed by atoms with van der Waals surface area (Å²) in [6.07, 6.45) is -2.22. The van der Waals surface area contributed by atoms with Crippen LogP contribution in [0.5, 0.6) is 0 Å². The number of nitrogens with zero attached hydrogens (tertiary/aromatic N) is 5. The molecule has 104 heavy (non-hydrogen) atoms. The van der Waals surface area contributed by atoms with Crippen LogP contribution in [-0.2, 0) is 124 Å². The van der Waals surface area contributed by atoms with Gasteiger partial charge in [-0.05, 0) is 41.8 Å². The highest BCUT2D eigenvalue weighted by Gasteiger charge is 2.25. The minimum Gasteiger partial charge on any atom is -0.480 e. The lowest BCUT2D eigenvalue weighted by Gasteiger charge is -2.27. The Kier molecular flexibility index (Phi) is 82.3. The highest BCUT2D eigenvalue weighted by atomic mass is 35.5. The van der Waals surface area contributed by atoms with Crippen LogP contribution < -0.4 is 16.4 Å². The van der Waals surface area contributed by atoms with E-state index in [0.29, 0.717) is 31.9 Å². The van der Waals surface area contributed by atoms with Crippen molar-refractivity contribution in [3.8, 4) is 0 Å². The minimum absolute atomic E-state index is 0. The van der Waals surface area contributed by atoms with Crippen LogP contribution in [0.2, 0.25) is 0 Å². The number of aliphatic hydroxyl groups is 3. The number of hydrogen-bond acceptors (Lipinski definition) is 37. The van der Waals surface area contributed by atoms with Gasteiger partial charge in [-0.3, -0.25) is 58.0 Å². The topological polar surface area (TPSA) is 556 Å². The number of aliphatic carboxylic acids is 3. The second-order valence-corrected chi connectivity index (χ2v) is 20.9. The molecule has 4 unspecified atom stereocenters. The van der Waals surface area contributed by atoms with Gasteiger partial charge >= 0.3 is 83.9 Å². The van der Waals surface area contributed by atoms with E-state index in [0.717, 1.165) is 13.1 Å². The fourth-order valence-electron chi connectivity index (χ4n) is 5.86. The van der Waals surface area contributed by atoms with Crippen molar-refractivity contribution in [1.29, 1.82) is 0 Å². The number of hydrogen-bond donors (Lipinski definition) is 9. The lowest BCUT2D eigenvalue weighted by atomic mass is 10.3. The smallest absolute Gasteiger partial charge is 0.373 e. The summed E-state index contributed by atoms with van der Waals surface area (Å²) in [5.41, 5.74) is 6.31. The number of carbonyl (C=O) groups excluding carboxylic acids is 13. The maximum Gasteiger partial charge on any atom is 0.373 e. The number of carboxylic acid groups (broad SMARTS) is 3. The third-order valence-corrected chi connectivity index (χ3v) is 11.1. The minimum atomic E-state index is -1.12. The van der Waals surface area contributed by atoms with E-state index in [2.05, 4.69) is 65.5 Å². The van der Waals surface area contributed by atoms with Crippen LogP contribution in [0.4, 0.5) is 0 Å². The molecule has 0 saturated carbocycles. The maximum atomic E-state index is 11.6. The number of alkyl halides is 1. The van der Waals surface area contributed by atoms with Gasteiger partial charge in [0.05, 0.1) is 88.0 Å². The molecule has 0 aromatic carbocycles. The van der Waals surface area contributed by atoms with E-state index < -0.39 is 84.0 Å². The van der Waals surface area contributed by atoms with E-state index >= 15 is 0 Å². The van der Waals surface area contributed by atoms with Gasteiger partial charge in [0.1, 0.15) is 56.7 Å². The van der Waals surface area contributed by atoms with Gasteiger partial charge in [0.25, 0.3) is 0 Å². The number of rotatable bonds is 44. The van der Waals surface area contributed by atoms with E-state index in [1.54, 1.807) is 16.7 Å². The molecule has 0 aromatic rings. The number of likely N-dealkylation sites (N-methyl/N-ethyl adjacent to an activating group) is 1. The fourth-order valence-corrected chi connectivity index (χ4v) is 5.86.